The van der Waals surface area contributed by atoms with E-state index in [-0.39, 0.29) is 29.4 Å². The van der Waals surface area contributed by atoms with E-state index in [1.54, 1.807) is 12.1 Å². The maximum absolute atomic E-state index is 13.5. The van der Waals surface area contributed by atoms with Gasteiger partial charge in [0, 0.05) is 13.2 Å². The summed E-state index contributed by atoms with van der Waals surface area (Å²) in [6, 6.07) is 6.75. The van der Waals surface area contributed by atoms with Crippen LogP contribution in [0.15, 0.2) is 36.4 Å². The molecule has 0 spiro atoms. The molecule has 0 amide bonds. The highest BCUT2D eigenvalue weighted by Crippen LogP contribution is 2.63. The van der Waals surface area contributed by atoms with Gasteiger partial charge in [-0.2, -0.15) is 0 Å². The van der Waals surface area contributed by atoms with Crippen molar-refractivity contribution in [3.05, 3.63) is 47.8 Å². The van der Waals surface area contributed by atoms with Gasteiger partial charge in [-0.25, -0.2) is 4.39 Å². The zero-order valence-electron chi connectivity index (χ0n) is 19.2. The fourth-order valence-corrected chi connectivity index (χ4v) is 7.51. The number of fused-ring (bicyclic) bond motifs is 1. The Hall–Kier alpha value is -1.23. The summed E-state index contributed by atoms with van der Waals surface area (Å²) in [7, 11) is 0. The third-order valence-corrected chi connectivity index (χ3v) is 9.56. The van der Waals surface area contributed by atoms with Crippen LogP contribution < -0.4 is 5.32 Å². The van der Waals surface area contributed by atoms with Crippen molar-refractivity contribution in [2.45, 2.75) is 71.4 Å². The van der Waals surface area contributed by atoms with Crippen molar-refractivity contribution in [3.8, 4) is 0 Å². The molecular weight excluding hydrogens is 389 g/mol. The first kappa shape index (κ1) is 22.9. The maximum atomic E-state index is 13.5. The van der Waals surface area contributed by atoms with Crippen molar-refractivity contribution in [2.24, 2.45) is 34.5 Å². The predicted octanol–water partition coefficient (Wildman–Crippen LogP) is 5.07. The maximum Gasteiger partial charge on any atom is 0.123 e. The van der Waals surface area contributed by atoms with Crippen LogP contribution in [-0.4, -0.2) is 29.5 Å². The second kappa shape index (κ2) is 8.96. The van der Waals surface area contributed by atoms with Crippen LogP contribution in [0.5, 0.6) is 0 Å². The van der Waals surface area contributed by atoms with E-state index in [9.17, 15) is 14.6 Å². The number of nitrogens with one attached hydrogen (secondary N) is 1. The summed E-state index contributed by atoms with van der Waals surface area (Å²) >= 11 is 0. The third-order valence-electron chi connectivity index (χ3n) is 9.56. The first-order chi connectivity index (χ1) is 14.8. The lowest BCUT2D eigenvalue weighted by Crippen LogP contribution is -2.53. The molecule has 4 heteroatoms. The van der Waals surface area contributed by atoms with Gasteiger partial charge in [0.1, 0.15) is 5.82 Å². The molecule has 1 aromatic rings. The van der Waals surface area contributed by atoms with Crippen LogP contribution >= 0.6 is 0 Å². The second-order valence-corrected chi connectivity index (χ2v) is 11.0. The molecule has 3 nitrogen and oxygen atoms in total. The van der Waals surface area contributed by atoms with Gasteiger partial charge >= 0.3 is 0 Å². The van der Waals surface area contributed by atoms with Crippen LogP contribution in [0.3, 0.4) is 0 Å². The lowest BCUT2D eigenvalue weighted by Gasteiger charge is -2.56. The van der Waals surface area contributed by atoms with Crippen LogP contribution in [0, 0.1) is 40.3 Å². The predicted molar refractivity (Wildman–Crippen MR) is 123 cm³/mol. The Morgan fingerprint density at radius 3 is 2.71 bits per heavy atom. The number of benzene rings is 1. The first-order valence-corrected chi connectivity index (χ1v) is 12.2. The summed E-state index contributed by atoms with van der Waals surface area (Å²) < 4.78 is 13.5. The molecule has 0 aliphatic heterocycles. The van der Waals surface area contributed by atoms with Gasteiger partial charge in [0.25, 0.3) is 0 Å². The van der Waals surface area contributed by atoms with Crippen molar-refractivity contribution in [1.29, 1.82) is 0 Å². The van der Waals surface area contributed by atoms with Crippen LogP contribution in [0.2, 0.25) is 0 Å². The topological polar surface area (TPSA) is 52.5 Å². The van der Waals surface area contributed by atoms with E-state index in [0.717, 1.165) is 50.6 Å². The number of rotatable bonds is 6. The number of hydrogen-bond donors (Lipinski definition) is 3. The van der Waals surface area contributed by atoms with Gasteiger partial charge in [-0.1, -0.05) is 38.1 Å². The summed E-state index contributed by atoms with van der Waals surface area (Å²) in [6.07, 6.45) is 6.95. The van der Waals surface area contributed by atoms with Crippen molar-refractivity contribution in [3.63, 3.8) is 0 Å². The molecule has 0 bridgehead atoms. The molecule has 7 atom stereocenters. The lowest BCUT2D eigenvalue weighted by molar-refractivity contribution is -0.0930. The van der Waals surface area contributed by atoms with Crippen LogP contribution in [-0.2, 0) is 6.54 Å². The van der Waals surface area contributed by atoms with Gasteiger partial charge in [0.15, 0.2) is 0 Å². The molecule has 3 saturated carbocycles. The Morgan fingerprint density at radius 2 is 1.97 bits per heavy atom. The average Bonchev–Trinajstić information content (AvgIpc) is 3.05. The van der Waals surface area contributed by atoms with E-state index in [0.29, 0.717) is 30.2 Å². The fraction of sp³-hybridized carbons (Fsp3) is 0.704. The molecule has 1 aromatic carbocycles. The molecular formula is C27H40FNO2. The van der Waals surface area contributed by atoms with Gasteiger partial charge in [-0.3, -0.25) is 0 Å². The fourth-order valence-electron chi connectivity index (χ4n) is 7.51. The average molecular weight is 430 g/mol. The van der Waals surface area contributed by atoms with Crippen molar-refractivity contribution in [1.82, 2.24) is 5.32 Å². The van der Waals surface area contributed by atoms with E-state index in [4.69, 9.17) is 0 Å². The highest BCUT2D eigenvalue weighted by Gasteiger charge is 2.56. The van der Waals surface area contributed by atoms with Crippen LogP contribution in [0.1, 0.15) is 64.4 Å². The Bertz CT molecular complexity index is 797. The summed E-state index contributed by atoms with van der Waals surface area (Å²) in [5.41, 5.74) is 2.60. The normalized spacial score (nSPS) is 40.7. The zero-order chi connectivity index (χ0) is 22.2. The number of hydrogen-bond acceptors (Lipinski definition) is 3. The highest BCUT2D eigenvalue weighted by molar-refractivity contribution is 5.21. The van der Waals surface area contributed by atoms with Crippen molar-refractivity contribution < 1.29 is 14.6 Å². The lowest BCUT2D eigenvalue weighted by atomic mass is 9.49. The van der Waals surface area contributed by atoms with E-state index in [1.165, 1.54) is 18.1 Å². The standard InChI is InChI=1S/C27H40FNO2/c1-18-7-8-24-23(17-30)25(10-12-26(18,24)2)27(3)11-9-22(31)14-20(27)16-29-15-19-5-4-6-21(28)13-19/h4-6,13,20,22-25,29-31H,1,7-12,14-17H2,2-3H3/t20-,22+,23-,24?,25?,26+,27+/m1/s1. The van der Waals surface area contributed by atoms with E-state index >= 15 is 0 Å². The minimum absolute atomic E-state index is 0.0901. The molecule has 2 unspecified atom stereocenters. The van der Waals surface area contributed by atoms with Crippen molar-refractivity contribution in [2.75, 3.05) is 13.2 Å². The van der Waals surface area contributed by atoms with Crippen LogP contribution in [0.25, 0.3) is 0 Å². The molecule has 0 heterocycles. The Balaban J connectivity index is 1.50. The second-order valence-electron chi connectivity index (χ2n) is 11.0. The number of aliphatic hydroxyl groups is 2. The van der Waals surface area contributed by atoms with Gasteiger partial charge < -0.3 is 15.5 Å². The van der Waals surface area contributed by atoms with Gasteiger partial charge in [-0.15, -0.1) is 0 Å². The number of aliphatic hydroxyl groups excluding tert-OH is 2. The molecule has 4 rings (SSSR count). The first-order valence-electron chi connectivity index (χ1n) is 12.2. The highest BCUT2D eigenvalue weighted by atomic mass is 19.1. The Morgan fingerprint density at radius 1 is 1.16 bits per heavy atom. The van der Waals surface area contributed by atoms with E-state index < -0.39 is 0 Å². The summed E-state index contributed by atoms with van der Waals surface area (Å²) in [5.74, 6) is 1.44. The minimum Gasteiger partial charge on any atom is -0.396 e. The molecule has 3 fully saturated rings. The largest absolute Gasteiger partial charge is 0.396 e. The smallest absolute Gasteiger partial charge is 0.123 e. The summed E-state index contributed by atoms with van der Waals surface area (Å²) in [4.78, 5) is 0. The SMILES string of the molecule is C=C1CCC2[C@@H](CO)C([C@@]3(C)CC[C@H](O)C[C@@H]3CNCc3cccc(F)c3)CC[C@@]12C. The molecule has 3 N–H and O–H groups in total. The monoisotopic (exact) mass is 429 g/mol. The number of halogens is 1. The quantitative estimate of drug-likeness (QED) is 0.553. The molecule has 0 saturated heterocycles. The molecule has 3 aliphatic rings. The molecule has 172 valence electrons. The Kier molecular flexibility index (Phi) is 6.63. The van der Waals surface area contributed by atoms with Gasteiger partial charge in [0.2, 0.25) is 0 Å². The number of allylic oxidation sites excluding steroid dienone is 1. The van der Waals surface area contributed by atoms with E-state index in [2.05, 4.69) is 25.7 Å². The molecule has 3 aliphatic carbocycles. The van der Waals surface area contributed by atoms with Gasteiger partial charge in [0.05, 0.1) is 6.10 Å². The Labute approximate surface area is 187 Å². The van der Waals surface area contributed by atoms with Crippen molar-refractivity contribution >= 4 is 0 Å². The molecule has 31 heavy (non-hydrogen) atoms. The van der Waals surface area contributed by atoms with Gasteiger partial charge in [-0.05, 0) is 104 Å². The van der Waals surface area contributed by atoms with Crippen LogP contribution in [0.4, 0.5) is 4.39 Å². The zero-order valence-corrected chi connectivity index (χ0v) is 19.2. The summed E-state index contributed by atoms with van der Waals surface area (Å²) in [6.45, 7) is 10.9. The molecule has 0 aromatic heterocycles. The minimum atomic E-state index is -0.248. The molecule has 0 radical (unpaired) electrons. The summed E-state index contributed by atoms with van der Waals surface area (Å²) in [5, 5.41) is 24.5. The third kappa shape index (κ3) is 4.24. The van der Waals surface area contributed by atoms with E-state index in [1.807, 2.05) is 6.07 Å².